The predicted molar refractivity (Wildman–Crippen MR) is 78.8 cm³/mol. The fourth-order valence-corrected chi connectivity index (χ4v) is 9.86. The van der Waals surface area contributed by atoms with E-state index in [0.717, 1.165) is 0 Å². The summed E-state index contributed by atoms with van der Waals surface area (Å²) in [7, 11) is -3.15. The summed E-state index contributed by atoms with van der Waals surface area (Å²) in [5.41, 5.74) is 0. The van der Waals surface area contributed by atoms with Gasteiger partial charge < -0.3 is 12.7 Å². The number of benzene rings is 1. The van der Waals surface area contributed by atoms with Gasteiger partial charge in [-0.2, -0.15) is 0 Å². The third-order valence-corrected chi connectivity index (χ3v) is 11.8. The van der Waals surface area contributed by atoms with Gasteiger partial charge in [-0.25, -0.2) is 0 Å². The molecule has 0 aromatic heterocycles. The molecule has 0 saturated carbocycles. The van der Waals surface area contributed by atoms with Crippen molar-refractivity contribution in [2.75, 3.05) is 7.11 Å². The van der Waals surface area contributed by atoms with Crippen LogP contribution in [0.2, 0.25) is 26.2 Å². The summed E-state index contributed by atoms with van der Waals surface area (Å²) >= 11 is 0. The highest BCUT2D eigenvalue weighted by molar-refractivity contribution is 6.88. The zero-order valence-electron chi connectivity index (χ0n) is 11.3. The molecule has 2 atom stereocenters. The normalized spacial score (nSPS) is 15.6. The molecule has 0 amide bonds. The summed E-state index contributed by atoms with van der Waals surface area (Å²) in [5.74, 6) is 0. The average Bonchev–Trinajstić information content (AvgIpc) is 2.29. The quantitative estimate of drug-likeness (QED) is 0.742. The maximum atomic E-state index is 6.21. The zero-order valence-corrected chi connectivity index (χ0v) is 14.6. The lowest BCUT2D eigenvalue weighted by molar-refractivity contribution is 0.318. The van der Waals surface area contributed by atoms with Crippen molar-refractivity contribution in [3.63, 3.8) is 0 Å². The van der Waals surface area contributed by atoms with Crippen LogP contribution in [0, 0.1) is 0 Å². The molecule has 17 heavy (non-hydrogen) atoms. The second-order valence-electron chi connectivity index (χ2n) is 4.50. The molecule has 1 aromatic rings. The lowest BCUT2D eigenvalue weighted by atomic mass is 10.4. The van der Waals surface area contributed by atoms with Gasteiger partial charge in [0.05, 0.1) is 0 Å². The molecule has 0 aliphatic heterocycles. The minimum Gasteiger partial charge on any atom is -0.435 e. The highest BCUT2D eigenvalue weighted by Crippen LogP contribution is 2.08. The molecular weight excluding hydrogens is 264 g/mol. The van der Waals surface area contributed by atoms with Crippen LogP contribution in [0.4, 0.5) is 0 Å². The molecule has 1 rings (SSSR count). The molecule has 0 fully saturated rings. The van der Waals surface area contributed by atoms with Gasteiger partial charge >= 0.3 is 9.28 Å². The van der Waals surface area contributed by atoms with Crippen LogP contribution in [0.15, 0.2) is 30.3 Å². The second-order valence-corrected chi connectivity index (χ2v) is 12.9. The van der Waals surface area contributed by atoms with E-state index in [1.165, 1.54) is 5.19 Å². The molecule has 0 aliphatic rings. The molecule has 1 aromatic carbocycles. The van der Waals surface area contributed by atoms with E-state index in [1.807, 2.05) is 12.6 Å². The maximum Gasteiger partial charge on any atom is 0.308 e. The topological polar surface area (TPSA) is 27.7 Å². The lowest BCUT2D eigenvalue weighted by Crippen LogP contribution is -2.49. The Bertz CT molecular complexity index is 332. The molecule has 0 heterocycles. The molecule has 3 nitrogen and oxygen atoms in total. The standard InChI is InChI=1S/C11H22O3Si3/c1-12-15(2)13-16(3)14-17(4,5)11-9-7-6-8-10-11/h6-10,15-16H,1-5H3. The summed E-state index contributed by atoms with van der Waals surface area (Å²) in [6.45, 7) is 8.55. The monoisotopic (exact) mass is 286 g/mol. The van der Waals surface area contributed by atoms with E-state index in [9.17, 15) is 0 Å². The first-order valence-corrected chi connectivity index (χ1v) is 13.0. The molecule has 0 spiro atoms. The Morgan fingerprint density at radius 3 is 2.12 bits per heavy atom. The SMILES string of the molecule is CO[SiH](C)O[SiH](C)O[Si](C)(C)c1ccccc1. The molecule has 0 saturated heterocycles. The van der Waals surface area contributed by atoms with Crippen molar-refractivity contribution < 1.29 is 12.7 Å². The lowest BCUT2D eigenvalue weighted by Gasteiger charge is -2.28. The Hall–Kier alpha value is -0.249. The number of rotatable bonds is 6. The summed E-state index contributed by atoms with van der Waals surface area (Å²) in [6.07, 6.45) is 0. The van der Waals surface area contributed by atoms with Crippen molar-refractivity contribution in [2.45, 2.75) is 26.2 Å². The van der Waals surface area contributed by atoms with Crippen LogP contribution in [-0.4, -0.2) is 34.0 Å². The van der Waals surface area contributed by atoms with Gasteiger partial charge in [0.15, 0.2) is 0 Å². The smallest absolute Gasteiger partial charge is 0.308 e. The van der Waals surface area contributed by atoms with Gasteiger partial charge in [-0.1, -0.05) is 30.3 Å². The molecule has 96 valence electrons. The number of hydrogen-bond donors (Lipinski definition) is 0. The van der Waals surface area contributed by atoms with Gasteiger partial charge in [0.1, 0.15) is 0 Å². The van der Waals surface area contributed by atoms with Crippen molar-refractivity contribution in [3.8, 4) is 0 Å². The summed E-state index contributed by atoms with van der Waals surface area (Å²) in [6, 6.07) is 10.4. The van der Waals surface area contributed by atoms with E-state index >= 15 is 0 Å². The maximum absolute atomic E-state index is 6.21. The average molecular weight is 287 g/mol. The third-order valence-electron chi connectivity index (χ3n) is 2.64. The van der Waals surface area contributed by atoms with Crippen LogP contribution in [0.3, 0.4) is 0 Å². The van der Waals surface area contributed by atoms with Gasteiger partial charge in [-0.3, -0.25) is 0 Å². The first-order valence-electron chi connectivity index (χ1n) is 5.87. The van der Waals surface area contributed by atoms with E-state index in [4.69, 9.17) is 12.7 Å². The molecule has 0 bridgehead atoms. The van der Waals surface area contributed by atoms with Crippen molar-refractivity contribution >= 4 is 32.1 Å². The van der Waals surface area contributed by atoms with Crippen molar-refractivity contribution in [1.29, 1.82) is 0 Å². The van der Waals surface area contributed by atoms with Crippen molar-refractivity contribution in [3.05, 3.63) is 30.3 Å². The molecule has 6 heteroatoms. The van der Waals surface area contributed by atoms with Gasteiger partial charge in [0.25, 0.3) is 9.28 Å². The second kappa shape index (κ2) is 6.62. The first-order chi connectivity index (χ1) is 7.95. The predicted octanol–water partition coefficient (Wildman–Crippen LogP) is 1.48. The molecule has 0 N–H and O–H groups in total. The van der Waals surface area contributed by atoms with E-state index in [0.29, 0.717) is 0 Å². The molecule has 0 radical (unpaired) electrons. The van der Waals surface area contributed by atoms with Crippen LogP contribution < -0.4 is 5.19 Å². The van der Waals surface area contributed by atoms with Crippen LogP contribution >= 0.6 is 0 Å². The van der Waals surface area contributed by atoms with E-state index in [2.05, 4.69) is 43.9 Å². The highest BCUT2D eigenvalue weighted by atomic mass is 28.4. The summed E-state index contributed by atoms with van der Waals surface area (Å²) in [4.78, 5) is 0. The van der Waals surface area contributed by atoms with Crippen LogP contribution in [0.25, 0.3) is 0 Å². The Kier molecular flexibility index (Phi) is 5.77. The fourth-order valence-electron chi connectivity index (χ4n) is 1.68. The third kappa shape index (κ3) is 4.86. The molecular formula is C11H22O3Si3. The van der Waals surface area contributed by atoms with E-state index in [-0.39, 0.29) is 0 Å². The fraction of sp³-hybridized carbons (Fsp3) is 0.455. The highest BCUT2D eigenvalue weighted by Gasteiger charge is 2.28. The molecule has 0 aliphatic carbocycles. The number of hydrogen-bond acceptors (Lipinski definition) is 3. The zero-order chi connectivity index (χ0) is 12.9. The van der Waals surface area contributed by atoms with Crippen molar-refractivity contribution in [1.82, 2.24) is 0 Å². The Labute approximate surface area is 109 Å². The Morgan fingerprint density at radius 2 is 1.59 bits per heavy atom. The van der Waals surface area contributed by atoms with Crippen molar-refractivity contribution in [2.24, 2.45) is 0 Å². The van der Waals surface area contributed by atoms with Gasteiger partial charge in [0, 0.05) is 7.11 Å². The Morgan fingerprint density at radius 1 is 1.00 bits per heavy atom. The molecule has 2 unspecified atom stereocenters. The van der Waals surface area contributed by atoms with E-state index < -0.39 is 26.9 Å². The van der Waals surface area contributed by atoms with Crippen LogP contribution in [-0.2, 0) is 12.7 Å². The first kappa shape index (κ1) is 14.8. The van der Waals surface area contributed by atoms with Gasteiger partial charge in [0.2, 0.25) is 8.32 Å². The minimum atomic E-state index is -1.82. The largest absolute Gasteiger partial charge is 0.435 e. The van der Waals surface area contributed by atoms with Crippen LogP contribution in [0.5, 0.6) is 0 Å². The van der Waals surface area contributed by atoms with E-state index in [1.54, 1.807) is 7.11 Å². The van der Waals surface area contributed by atoms with Crippen LogP contribution in [0.1, 0.15) is 0 Å². The minimum absolute atomic E-state index is 1.31. The summed E-state index contributed by atoms with van der Waals surface area (Å²) < 4.78 is 17.3. The van der Waals surface area contributed by atoms with Gasteiger partial charge in [-0.15, -0.1) is 0 Å². The van der Waals surface area contributed by atoms with Gasteiger partial charge in [-0.05, 0) is 31.4 Å². The summed E-state index contributed by atoms with van der Waals surface area (Å²) in [5, 5.41) is 1.31. The Balaban J connectivity index is 2.60.